The molecule has 0 nitrogen and oxygen atoms in total. The molecule has 0 aliphatic rings. The Balaban J connectivity index is 2.94. The maximum Gasteiger partial charge on any atom is 0.0265 e. The van der Waals surface area contributed by atoms with Gasteiger partial charge >= 0.3 is 0 Å². The van der Waals surface area contributed by atoms with E-state index in [2.05, 4.69) is 69.1 Å². The van der Waals surface area contributed by atoms with Crippen molar-refractivity contribution in [1.29, 1.82) is 0 Å². The van der Waals surface area contributed by atoms with Gasteiger partial charge in [0.15, 0.2) is 0 Å². The summed E-state index contributed by atoms with van der Waals surface area (Å²) in [7, 11) is 0. The van der Waals surface area contributed by atoms with Crippen molar-refractivity contribution in [3.05, 3.63) is 44.8 Å². The molecule has 66 valence electrons. The van der Waals surface area contributed by atoms with Gasteiger partial charge in [-0.3, -0.25) is 0 Å². The topological polar surface area (TPSA) is 0 Å². The summed E-state index contributed by atoms with van der Waals surface area (Å²) in [5, 5.41) is 2.56. The highest BCUT2D eigenvalue weighted by Gasteiger charge is 2.01. The summed E-state index contributed by atoms with van der Waals surface area (Å²) in [6, 6.07) is 10.5. The number of benzene rings is 2. The molecule has 0 saturated carbocycles. The van der Waals surface area contributed by atoms with Crippen molar-refractivity contribution in [2.75, 3.05) is 0 Å². The number of hydrogen-bond acceptors (Lipinski definition) is 0. The van der Waals surface area contributed by atoms with Crippen LogP contribution in [0, 0.1) is 6.92 Å². The predicted octanol–water partition coefficient (Wildman–Crippen LogP) is 4.67. The number of hydrogen-bond donors (Lipinski definition) is 0. The zero-order chi connectivity index (χ0) is 9.42. The van der Waals surface area contributed by atoms with Gasteiger partial charge in [0.05, 0.1) is 0 Å². The molecule has 0 unspecified atom stereocenters. The Morgan fingerprint density at radius 3 is 2.54 bits per heavy atom. The fourth-order valence-electron chi connectivity index (χ4n) is 1.46. The molecular formula is C11H8Br2. The molecular weight excluding hydrogens is 292 g/mol. The molecule has 0 spiro atoms. The minimum Gasteiger partial charge on any atom is -0.0613 e. The van der Waals surface area contributed by atoms with Crippen LogP contribution in [0.1, 0.15) is 5.56 Å². The first-order valence-electron chi connectivity index (χ1n) is 4.03. The second kappa shape index (κ2) is 3.43. The van der Waals surface area contributed by atoms with Gasteiger partial charge in [-0.25, -0.2) is 0 Å². The van der Waals surface area contributed by atoms with E-state index in [0.29, 0.717) is 0 Å². The Kier molecular flexibility index (Phi) is 2.43. The summed E-state index contributed by atoms with van der Waals surface area (Å²) in [4.78, 5) is 0. The van der Waals surface area contributed by atoms with Gasteiger partial charge < -0.3 is 0 Å². The molecule has 13 heavy (non-hydrogen) atoms. The van der Waals surface area contributed by atoms with Crippen LogP contribution < -0.4 is 0 Å². The molecule has 0 bridgehead atoms. The third-order valence-corrected chi connectivity index (χ3v) is 3.24. The lowest BCUT2D eigenvalue weighted by Crippen LogP contribution is -1.79. The van der Waals surface area contributed by atoms with Gasteiger partial charge in [-0.05, 0) is 35.4 Å². The molecule has 0 radical (unpaired) electrons. The minimum absolute atomic E-state index is 1.11. The summed E-state index contributed by atoms with van der Waals surface area (Å²) >= 11 is 7.04. The molecule has 0 aliphatic carbocycles. The lowest BCUT2D eigenvalue weighted by Gasteiger charge is -2.04. The molecule has 0 fully saturated rings. The Labute approximate surface area is 94.2 Å². The Hall–Kier alpha value is -0.340. The second-order valence-corrected chi connectivity index (χ2v) is 4.83. The Morgan fingerprint density at radius 2 is 1.77 bits per heavy atom. The highest BCUT2D eigenvalue weighted by Crippen LogP contribution is 2.29. The smallest absolute Gasteiger partial charge is 0.0265 e. The fraction of sp³-hybridized carbons (Fsp3) is 0.0909. The summed E-state index contributed by atoms with van der Waals surface area (Å²) in [5.41, 5.74) is 1.31. The molecule has 0 amide bonds. The quantitative estimate of drug-likeness (QED) is 0.663. The van der Waals surface area contributed by atoms with Crippen molar-refractivity contribution in [3.63, 3.8) is 0 Å². The second-order valence-electron chi connectivity index (χ2n) is 3.06. The maximum atomic E-state index is 3.55. The van der Waals surface area contributed by atoms with E-state index in [4.69, 9.17) is 0 Å². The third-order valence-electron chi connectivity index (χ3n) is 2.13. The fourth-order valence-corrected chi connectivity index (χ4v) is 2.82. The highest BCUT2D eigenvalue weighted by atomic mass is 79.9. The largest absolute Gasteiger partial charge is 0.0613 e. The van der Waals surface area contributed by atoms with Crippen molar-refractivity contribution in [3.8, 4) is 0 Å². The first-order chi connectivity index (χ1) is 6.18. The van der Waals surface area contributed by atoms with Crippen LogP contribution >= 0.6 is 31.9 Å². The van der Waals surface area contributed by atoms with Gasteiger partial charge in [-0.1, -0.05) is 50.1 Å². The SMILES string of the molecule is Cc1cccc2c(Br)cc(Br)cc12. The number of rotatable bonds is 0. The predicted molar refractivity (Wildman–Crippen MR) is 64.1 cm³/mol. The highest BCUT2D eigenvalue weighted by molar-refractivity contribution is 9.11. The maximum absolute atomic E-state index is 3.55. The molecule has 0 aliphatic heterocycles. The van der Waals surface area contributed by atoms with E-state index in [1.54, 1.807) is 0 Å². The van der Waals surface area contributed by atoms with Crippen LogP contribution in [0.4, 0.5) is 0 Å². The molecule has 2 aromatic rings. The minimum atomic E-state index is 1.11. The standard InChI is InChI=1S/C11H8Br2/c1-7-3-2-4-9-10(7)5-8(12)6-11(9)13/h2-6H,1H3. The molecule has 2 rings (SSSR count). The lowest BCUT2D eigenvalue weighted by molar-refractivity contribution is 1.52. The summed E-state index contributed by atoms with van der Waals surface area (Å²) in [6.07, 6.45) is 0. The average Bonchev–Trinajstić information content (AvgIpc) is 2.07. The molecule has 0 heterocycles. The zero-order valence-electron chi connectivity index (χ0n) is 7.14. The van der Waals surface area contributed by atoms with Gasteiger partial charge in [-0.15, -0.1) is 0 Å². The zero-order valence-corrected chi connectivity index (χ0v) is 10.3. The van der Waals surface area contributed by atoms with E-state index in [1.807, 2.05) is 0 Å². The van der Waals surface area contributed by atoms with E-state index in [9.17, 15) is 0 Å². The average molecular weight is 300 g/mol. The number of aryl methyl sites for hydroxylation is 1. The van der Waals surface area contributed by atoms with Crippen molar-refractivity contribution in [2.24, 2.45) is 0 Å². The molecule has 0 N–H and O–H groups in total. The van der Waals surface area contributed by atoms with Crippen LogP contribution in [-0.4, -0.2) is 0 Å². The molecule has 2 heteroatoms. The first kappa shape index (κ1) is 9.22. The third kappa shape index (κ3) is 1.65. The van der Waals surface area contributed by atoms with Gasteiger partial charge in [0, 0.05) is 8.95 Å². The van der Waals surface area contributed by atoms with Crippen LogP contribution in [-0.2, 0) is 0 Å². The molecule has 0 saturated heterocycles. The van der Waals surface area contributed by atoms with E-state index in [-0.39, 0.29) is 0 Å². The molecule has 0 atom stereocenters. The van der Waals surface area contributed by atoms with Crippen molar-refractivity contribution >= 4 is 42.6 Å². The monoisotopic (exact) mass is 298 g/mol. The lowest BCUT2D eigenvalue weighted by atomic mass is 10.1. The summed E-state index contributed by atoms with van der Waals surface area (Å²) < 4.78 is 2.25. The van der Waals surface area contributed by atoms with Crippen molar-refractivity contribution in [1.82, 2.24) is 0 Å². The van der Waals surface area contributed by atoms with Crippen LogP contribution in [0.3, 0.4) is 0 Å². The molecule has 2 aromatic carbocycles. The van der Waals surface area contributed by atoms with Crippen LogP contribution in [0.25, 0.3) is 10.8 Å². The van der Waals surface area contributed by atoms with Gasteiger partial charge in [0.25, 0.3) is 0 Å². The molecule has 0 aromatic heterocycles. The van der Waals surface area contributed by atoms with Gasteiger partial charge in [-0.2, -0.15) is 0 Å². The van der Waals surface area contributed by atoms with Crippen molar-refractivity contribution in [2.45, 2.75) is 6.92 Å². The summed E-state index contributed by atoms with van der Waals surface area (Å²) in [5.74, 6) is 0. The van der Waals surface area contributed by atoms with Gasteiger partial charge in [0.1, 0.15) is 0 Å². The summed E-state index contributed by atoms with van der Waals surface area (Å²) in [6.45, 7) is 2.13. The first-order valence-corrected chi connectivity index (χ1v) is 5.61. The van der Waals surface area contributed by atoms with Crippen LogP contribution in [0.15, 0.2) is 39.3 Å². The Morgan fingerprint density at radius 1 is 1.00 bits per heavy atom. The number of fused-ring (bicyclic) bond motifs is 1. The van der Waals surface area contributed by atoms with E-state index in [1.165, 1.54) is 16.3 Å². The van der Waals surface area contributed by atoms with Crippen molar-refractivity contribution < 1.29 is 0 Å². The number of halogens is 2. The Bertz CT molecular complexity index is 461. The van der Waals surface area contributed by atoms with Gasteiger partial charge in [0.2, 0.25) is 0 Å². The van der Waals surface area contributed by atoms with E-state index >= 15 is 0 Å². The normalized spacial score (nSPS) is 10.7. The van der Waals surface area contributed by atoms with Crippen LogP contribution in [0.5, 0.6) is 0 Å². The van der Waals surface area contributed by atoms with E-state index < -0.39 is 0 Å². The van der Waals surface area contributed by atoms with Crippen LogP contribution in [0.2, 0.25) is 0 Å². The van der Waals surface area contributed by atoms with E-state index in [0.717, 1.165) is 8.95 Å².